The van der Waals surface area contributed by atoms with Crippen LogP contribution in [0.1, 0.15) is 41.0 Å². The molecule has 0 spiro atoms. The summed E-state index contributed by atoms with van der Waals surface area (Å²) in [7, 11) is 1.03. The standard InChI is InChI=1S/C23H33NO13/c1-8-9-32-15(28)10-23(5,6)11-24-22(30)37-21-19(35-14(4)27)17(34-13(3)26)16(33-12(2)25)18(36-21)20(29)31-7/h8,16-19,21H,1,9-11H2,2-7H3,(H,24,30)/t16-,17-,18-,19+,21-/m0/s1. The Balaban J connectivity index is 3.14. The lowest BCUT2D eigenvalue weighted by Gasteiger charge is -2.42. The molecule has 1 amide bonds. The number of alkyl carbamates (subject to hydrolysis) is 1. The Hall–Kier alpha value is -3.68. The second-order valence-corrected chi connectivity index (χ2v) is 8.74. The lowest BCUT2D eigenvalue weighted by atomic mass is 9.89. The van der Waals surface area contributed by atoms with Crippen molar-refractivity contribution in [3.63, 3.8) is 0 Å². The molecule has 1 rings (SSSR count). The van der Waals surface area contributed by atoms with Gasteiger partial charge in [0.15, 0.2) is 18.3 Å². The van der Waals surface area contributed by atoms with Crippen LogP contribution < -0.4 is 5.32 Å². The predicted octanol–water partition coefficient (Wildman–Crippen LogP) is 0.551. The van der Waals surface area contributed by atoms with E-state index in [2.05, 4.69) is 16.6 Å². The first-order valence-corrected chi connectivity index (χ1v) is 11.2. The molecule has 208 valence electrons. The first-order chi connectivity index (χ1) is 17.2. The summed E-state index contributed by atoms with van der Waals surface area (Å²) in [6, 6.07) is 0. The third-order valence-electron chi connectivity index (χ3n) is 4.75. The number of nitrogens with one attached hydrogen (secondary N) is 1. The molecule has 1 N–H and O–H groups in total. The number of hydrogen-bond donors (Lipinski definition) is 1. The normalized spacial score (nSPS) is 23.0. The third-order valence-corrected chi connectivity index (χ3v) is 4.75. The van der Waals surface area contributed by atoms with E-state index in [1.807, 2.05) is 0 Å². The number of amides is 1. The zero-order valence-corrected chi connectivity index (χ0v) is 21.6. The lowest BCUT2D eigenvalue weighted by Crippen LogP contribution is -2.64. The topological polar surface area (TPSA) is 179 Å². The number of hydrogen-bond acceptors (Lipinski definition) is 13. The van der Waals surface area contributed by atoms with Gasteiger partial charge in [-0.1, -0.05) is 26.5 Å². The molecule has 1 aliphatic rings. The highest BCUT2D eigenvalue weighted by atomic mass is 16.8. The maximum atomic E-state index is 12.6. The van der Waals surface area contributed by atoms with Gasteiger partial charge in [0.1, 0.15) is 6.61 Å². The maximum Gasteiger partial charge on any atom is 0.409 e. The molecular formula is C23H33NO13. The summed E-state index contributed by atoms with van der Waals surface area (Å²) in [5.41, 5.74) is -0.755. The van der Waals surface area contributed by atoms with E-state index in [0.29, 0.717) is 0 Å². The molecule has 5 atom stereocenters. The van der Waals surface area contributed by atoms with Crippen LogP contribution >= 0.6 is 0 Å². The molecule has 1 aliphatic heterocycles. The second kappa shape index (κ2) is 14.2. The molecule has 37 heavy (non-hydrogen) atoms. The van der Waals surface area contributed by atoms with E-state index < -0.39 is 72.1 Å². The van der Waals surface area contributed by atoms with Gasteiger partial charge in [-0.2, -0.15) is 0 Å². The summed E-state index contributed by atoms with van der Waals surface area (Å²) in [5, 5.41) is 2.44. The van der Waals surface area contributed by atoms with Crippen LogP contribution in [0.5, 0.6) is 0 Å². The number of carbonyl (C=O) groups is 6. The van der Waals surface area contributed by atoms with Crippen molar-refractivity contribution in [2.45, 2.75) is 71.7 Å². The molecule has 0 aliphatic carbocycles. The lowest BCUT2D eigenvalue weighted by molar-refractivity contribution is -0.288. The Morgan fingerprint density at radius 1 is 0.892 bits per heavy atom. The van der Waals surface area contributed by atoms with Crippen molar-refractivity contribution in [1.82, 2.24) is 5.32 Å². The molecule has 0 aromatic heterocycles. The van der Waals surface area contributed by atoms with Crippen LogP contribution in [-0.2, 0) is 57.1 Å². The Morgan fingerprint density at radius 2 is 1.43 bits per heavy atom. The van der Waals surface area contributed by atoms with Gasteiger partial charge in [-0.05, 0) is 5.41 Å². The minimum atomic E-state index is -1.79. The number of ether oxygens (including phenoxy) is 7. The molecule has 14 nitrogen and oxygen atoms in total. The van der Waals surface area contributed by atoms with Crippen LogP contribution in [0.2, 0.25) is 0 Å². The summed E-state index contributed by atoms with van der Waals surface area (Å²) >= 11 is 0. The highest BCUT2D eigenvalue weighted by molar-refractivity contribution is 5.77. The van der Waals surface area contributed by atoms with Crippen molar-refractivity contribution >= 4 is 35.9 Å². The van der Waals surface area contributed by atoms with Gasteiger partial charge in [-0.15, -0.1) is 0 Å². The Bertz CT molecular complexity index is 884. The van der Waals surface area contributed by atoms with Crippen molar-refractivity contribution in [3.8, 4) is 0 Å². The van der Waals surface area contributed by atoms with Gasteiger partial charge in [0.05, 0.1) is 13.5 Å². The molecule has 0 aromatic carbocycles. The molecule has 0 radical (unpaired) electrons. The summed E-state index contributed by atoms with van der Waals surface area (Å²) in [5.74, 6) is -4.17. The molecule has 1 saturated heterocycles. The van der Waals surface area contributed by atoms with Crippen molar-refractivity contribution in [1.29, 1.82) is 0 Å². The number of methoxy groups -OCH3 is 1. The van der Waals surface area contributed by atoms with Crippen LogP contribution in [0.25, 0.3) is 0 Å². The zero-order chi connectivity index (χ0) is 28.3. The Kier molecular flexibility index (Phi) is 12.0. The molecular weight excluding hydrogens is 498 g/mol. The zero-order valence-electron chi connectivity index (χ0n) is 21.6. The van der Waals surface area contributed by atoms with Crippen molar-refractivity contribution < 1.29 is 61.9 Å². The minimum Gasteiger partial charge on any atom is -0.467 e. The fourth-order valence-electron chi connectivity index (χ4n) is 3.29. The molecule has 1 heterocycles. The number of esters is 5. The fraction of sp³-hybridized carbons (Fsp3) is 0.652. The van der Waals surface area contributed by atoms with Crippen LogP contribution in [0.4, 0.5) is 4.79 Å². The number of rotatable bonds is 11. The predicted molar refractivity (Wildman–Crippen MR) is 121 cm³/mol. The molecule has 0 aromatic rings. The van der Waals surface area contributed by atoms with E-state index >= 15 is 0 Å². The quantitative estimate of drug-likeness (QED) is 0.222. The van der Waals surface area contributed by atoms with Crippen LogP contribution in [0.15, 0.2) is 12.7 Å². The van der Waals surface area contributed by atoms with Gasteiger partial charge in [-0.25, -0.2) is 9.59 Å². The van der Waals surface area contributed by atoms with Gasteiger partial charge in [0.2, 0.25) is 12.4 Å². The van der Waals surface area contributed by atoms with Crippen LogP contribution in [0, 0.1) is 5.41 Å². The Labute approximate surface area is 213 Å². The largest absolute Gasteiger partial charge is 0.467 e. The fourth-order valence-corrected chi connectivity index (χ4v) is 3.29. The molecule has 14 heteroatoms. The highest BCUT2D eigenvalue weighted by Gasteiger charge is 2.56. The summed E-state index contributed by atoms with van der Waals surface area (Å²) in [6.07, 6.45) is -8.02. The van der Waals surface area contributed by atoms with Crippen LogP contribution in [0.3, 0.4) is 0 Å². The van der Waals surface area contributed by atoms with E-state index in [9.17, 15) is 28.8 Å². The van der Waals surface area contributed by atoms with Crippen molar-refractivity contribution in [2.24, 2.45) is 5.41 Å². The average molecular weight is 532 g/mol. The van der Waals surface area contributed by atoms with E-state index in [0.717, 1.165) is 27.9 Å². The first-order valence-electron chi connectivity index (χ1n) is 11.2. The van der Waals surface area contributed by atoms with Crippen molar-refractivity contribution in [2.75, 3.05) is 20.3 Å². The minimum absolute atomic E-state index is 0.0415. The van der Waals surface area contributed by atoms with Crippen LogP contribution in [-0.4, -0.2) is 86.9 Å². The Morgan fingerprint density at radius 3 is 1.95 bits per heavy atom. The van der Waals surface area contributed by atoms with E-state index in [1.54, 1.807) is 13.8 Å². The smallest absolute Gasteiger partial charge is 0.409 e. The van der Waals surface area contributed by atoms with E-state index in [4.69, 9.17) is 28.4 Å². The van der Waals surface area contributed by atoms with E-state index in [1.165, 1.54) is 6.08 Å². The first kappa shape index (κ1) is 31.4. The van der Waals surface area contributed by atoms with Gasteiger partial charge < -0.3 is 38.5 Å². The summed E-state index contributed by atoms with van der Waals surface area (Å²) in [4.78, 5) is 72.1. The SMILES string of the molecule is C=CCOC(=O)CC(C)(C)CNC(=O)O[C@@H]1O[C@H](C(=O)OC)[C@@H](OC(C)=O)[C@H](OC(C)=O)[C@H]1OC(C)=O. The average Bonchev–Trinajstić information content (AvgIpc) is 2.78. The van der Waals surface area contributed by atoms with Gasteiger partial charge >= 0.3 is 35.9 Å². The van der Waals surface area contributed by atoms with Crippen molar-refractivity contribution in [3.05, 3.63) is 12.7 Å². The van der Waals surface area contributed by atoms with Gasteiger partial charge in [0.25, 0.3) is 0 Å². The monoisotopic (exact) mass is 531 g/mol. The molecule has 0 bridgehead atoms. The molecule has 0 saturated carbocycles. The third kappa shape index (κ3) is 10.5. The number of carbonyl (C=O) groups excluding carboxylic acids is 6. The molecule has 1 fully saturated rings. The summed E-state index contributed by atoms with van der Waals surface area (Å²) in [6.45, 7) is 9.92. The van der Waals surface area contributed by atoms with Gasteiger partial charge in [0, 0.05) is 27.3 Å². The summed E-state index contributed by atoms with van der Waals surface area (Å²) < 4.78 is 35.8. The van der Waals surface area contributed by atoms with E-state index in [-0.39, 0.29) is 19.6 Å². The molecule has 0 unspecified atom stereocenters. The maximum absolute atomic E-state index is 12.6. The van der Waals surface area contributed by atoms with Gasteiger partial charge in [-0.3, -0.25) is 19.2 Å². The second-order valence-electron chi connectivity index (χ2n) is 8.74. The highest BCUT2D eigenvalue weighted by Crippen LogP contribution is 2.30.